The summed E-state index contributed by atoms with van der Waals surface area (Å²) in [5.74, 6) is 0.821. The summed E-state index contributed by atoms with van der Waals surface area (Å²) in [6, 6.07) is 17.1. The normalized spacial score (nSPS) is 10.4. The van der Waals surface area contributed by atoms with Crippen molar-refractivity contribution in [1.82, 2.24) is 0 Å². The van der Waals surface area contributed by atoms with Crippen molar-refractivity contribution in [3.05, 3.63) is 86.9 Å². The Kier molecular flexibility index (Phi) is 6.68. The van der Waals surface area contributed by atoms with Gasteiger partial charge in [0.15, 0.2) is 0 Å². The van der Waals surface area contributed by atoms with E-state index in [4.69, 9.17) is 44.3 Å². The first kappa shape index (κ1) is 20.3. The first-order valence-corrected chi connectivity index (χ1v) is 9.42. The van der Waals surface area contributed by atoms with Gasteiger partial charge in [0.1, 0.15) is 18.1 Å². The van der Waals surface area contributed by atoms with Gasteiger partial charge in [-0.05, 0) is 48.5 Å². The van der Waals surface area contributed by atoms with Gasteiger partial charge in [0, 0.05) is 16.1 Å². The molecule has 4 nitrogen and oxygen atoms in total. The van der Waals surface area contributed by atoms with Crippen molar-refractivity contribution in [2.75, 3.05) is 12.4 Å². The van der Waals surface area contributed by atoms with Gasteiger partial charge in [-0.1, -0.05) is 46.9 Å². The molecular formula is C21H16Cl3NO3. The molecule has 0 saturated carbocycles. The summed E-state index contributed by atoms with van der Waals surface area (Å²) in [4.78, 5) is 12.6. The molecule has 0 atom stereocenters. The van der Waals surface area contributed by atoms with Gasteiger partial charge >= 0.3 is 0 Å². The fourth-order valence-corrected chi connectivity index (χ4v) is 3.06. The van der Waals surface area contributed by atoms with Crippen molar-refractivity contribution in [2.24, 2.45) is 0 Å². The number of anilines is 1. The van der Waals surface area contributed by atoms with Gasteiger partial charge in [-0.15, -0.1) is 0 Å². The molecular weight excluding hydrogens is 421 g/mol. The van der Waals surface area contributed by atoms with Crippen LogP contribution >= 0.6 is 34.8 Å². The van der Waals surface area contributed by atoms with Crippen LogP contribution in [0.2, 0.25) is 15.1 Å². The average Bonchev–Trinajstić information content (AvgIpc) is 2.70. The average molecular weight is 437 g/mol. The molecule has 0 bridgehead atoms. The smallest absolute Gasteiger partial charge is 0.255 e. The predicted molar refractivity (Wildman–Crippen MR) is 113 cm³/mol. The topological polar surface area (TPSA) is 47.6 Å². The minimum Gasteiger partial charge on any atom is -0.496 e. The van der Waals surface area contributed by atoms with Crippen molar-refractivity contribution < 1.29 is 14.3 Å². The summed E-state index contributed by atoms with van der Waals surface area (Å²) >= 11 is 18.2. The molecule has 0 fully saturated rings. The number of hydrogen-bond acceptors (Lipinski definition) is 3. The Labute approximate surface area is 177 Å². The van der Waals surface area contributed by atoms with Crippen LogP contribution < -0.4 is 14.8 Å². The van der Waals surface area contributed by atoms with Crippen molar-refractivity contribution in [3.63, 3.8) is 0 Å². The van der Waals surface area contributed by atoms with Crippen molar-refractivity contribution in [2.45, 2.75) is 6.61 Å². The summed E-state index contributed by atoms with van der Waals surface area (Å²) in [5.41, 5.74) is 1.56. The Bertz CT molecular complexity index is 1010. The van der Waals surface area contributed by atoms with E-state index in [-0.39, 0.29) is 12.5 Å². The second-order valence-electron chi connectivity index (χ2n) is 5.82. The van der Waals surface area contributed by atoms with Crippen LogP contribution in [0.3, 0.4) is 0 Å². The van der Waals surface area contributed by atoms with E-state index in [9.17, 15) is 4.79 Å². The van der Waals surface area contributed by atoms with Crippen molar-refractivity contribution in [3.8, 4) is 11.5 Å². The summed E-state index contributed by atoms with van der Waals surface area (Å²) in [7, 11) is 1.56. The molecule has 1 amide bonds. The predicted octanol–water partition coefficient (Wildman–Crippen LogP) is 6.49. The van der Waals surface area contributed by atoms with Gasteiger partial charge in [-0.25, -0.2) is 0 Å². The van der Waals surface area contributed by atoms with E-state index in [1.165, 1.54) is 0 Å². The molecule has 3 aromatic rings. The number of amides is 1. The van der Waals surface area contributed by atoms with Gasteiger partial charge in [0.25, 0.3) is 5.91 Å². The van der Waals surface area contributed by atoms with E-state index in [1.807, 2.05) is 12.1 Å². The van der Waals surface area contributed by atoms with Gasteiger partial charge in [-0.3, -0.25) is 4.79 Å². The second kappa shape index (κ2) is 9.20. The van der Waals surface area contributed by atoms with E-state index in [0.29, 0.717) is 43.4 Å². The zero-order valence-corrected chi connectivity index (χ0v) is 17.1. The molecule has 3 aromatic carbocycles. The quantitative estimate of drug-likeness (QED) is 0.480. The van der Waals surface area contributed by atoms with Crippen LogP contribution in [0.15, 0.2) is 60.7 Å². The zero-order chi connectivity index (χ0) is 20.1. The molecule has 0 saturated heterocycles. The SMILES string of the molecule is COc1ccc(C(=O)Nc2cc(Cl)ccc2Cl)cc1COc1ccccc1Cl. The lowest BCUT2D eigenvalue weighted by Crippen LogP contribution is -2.13. The van der Waals surface area contributed by atoms with Crippen LogP contribution in [0, 0.1) is 0 Å². The van der Waals surface area contributed by atoms with E-state index in [0.717, 1.165) is 0 Å². The molecule has 144 valence electrons. The van der Waals surface area contributed by atoms with E-state index >= 15 is 0 Å². The maximum Gasteiger partial charge on any atom is 0.255 e. The lowest BCUT2D eigenvalue weighted by Gasteiger charge is -2.13. The fourth-order valence-electron chi connectivity index (χ4n) is 2.54. The van der Waals surface area contributed by atoms with E-state index in [2.05, 4.69) is 5.32 Å². The first-order valence-electron chi connectivity index (χ1n) is 8.28. The van der Waals surface area contributed by atoms with Crippen LogP contribution in [0.1, 0.15) is 15.9 Å². The maximum atomic E-state index is 12.6. The van der Waals surface area contributed by atoms with Gasteiger partial charge < -0.3 is 14.8 Å². The van der Waals surface area contributed by atoms with Crippen LogP contribution in [-0.2, 0) is 6.61 Å². The number of hydrogen-bond donors (Lipinski definition) is 1. The Morgan fingerprint density at radius 3 is 2.46 bits per heavy atom. The van der Waals surface area contributed by atoms with Gasteiger partial charge in [0.2, 0.25) is 0 Å². The lowest BCUT2D eigenvalue weighted by molar-refractivity contribution is 0.102. The molecule has 3 rings (SSSR count). The first-order chi connectivity index (χ1) is 13.5. The highest BCUT2D eigenvalue weighted by molar-refractivity contribution is 6.36. The number of benzene rings is 3. The number of carbonyl (C=O) groups is 1. The minimum atomic E-state index is -0.328. The van der Waals surface area contributed by atoms with Crippen LogP contribution in [0.5, 0.6) is 11.5 Å². The van der Waals surface area contributed by atoms with Gasteiger partial charge in [-0.2, -0.15) is 0 Å². The summed E-state index contributed by atoms with van der Waals surface area (Å²) in [6.07, 6.45) is 0. The fraction of sp³-hybridized carbons (Fsp3) is 0.0952. The van der Waals surface area contributed by atoms with Crippen LogP contribution in [0.25, 0.3) is 0 Å². The molecule has 0 aromatic heterocycles. The van der Waals surface area contributed by atoms with Crippen LogP contribution in [-0.4, -0.2) is 13.0 Å². The number of carbonyl (C=O) groups excluding carboxylic acids is 1. The minimum absolute atomic E-state index is 0.186. The Balaban J connectivity index is 1.80. The number of methoxy groups -OCH3 is 1. The van der Waals surface area contributed by atoms with Crippen molar-refractivity contribution in [1.29, 1.82) is 0 Å². The maximum absolute atomic E-state index is 12.6. The number of nitrogens with one attached hydrogen (secondary N) is 1. The molecule has 28 heavy (non-hydrogen) atoms. The van der Waals surface area contributed by atoms with E-state index in [1.54, 1.807) is 55.6 Å². The third kappa shape index (κ3) is 4.90. The Morgan fingerprint density at radius 2 is 1.71 bits per heavy atom. The van der Waals surface area contributed by atoms with Crippen molar-refractivity contribution >= 4 is 46.4 Å². The molecule has 0 aliphatic heterocycles. The highest BCUT2D eigenvalue weighted by atomic mass is 35.5. The molecule has 7 heteroatoms. The number of ether oxygens (including phenoxy) is 2. The van der Waals surface area contributed by atoms with E-state index < -0.39 is 0 Å². The molecule has 0 heterocycles. The molecule has 0 radical (unpaired) electrons. The Morgan fingerprint density at radius 1 is 0.929 bits per heavy atom. The molecule has 0 aliphatic carbocycles. The molecule has 0 unspecified atom stereocenters. The van der Waals surface area contributed by atoms with Crippen LogP contribution in [0.4, 0.5) is 5.69 Å². The number of para-hydroxylation sites is 1. The Hall–Kier alpha value is -2.40. The second-order valence-corrected chi connectivity index (χ2v) is 7.07. The summed E-state index contributed by atoms with van der Waals surface area (Å²) < 4.78 is 11.1. The summed E-state index contributed by atoms with van der Waals surface area (Å²) in [6.45, 7) is 0.186. The standard InChI is InChI=1S/C21H16Cl3NO3/c1-27-19-9-6-13(21(26)25-18-11-15(22)7-8-16(18)23)10-14(19)12-28-20-5-3-2-4-17(20)24/h2-11H,12H2,1H3,(H,25,26). The third-order valence-corrected chi connectivity index (χ3v) is 4.82. The monoisotopic (exact) mass is 435 g/mol. The lowest BCUT2D eigenvalue weighted by atomic mass is 10.1. The number of halogens is 3. The highest BCUT2D eigenvalue weighted by Gasteiger charge is 2.13. The highest BCUT2D eigenvalue weighted by Crippen LogP contribution is 2.28. The molecule has 0 aliphatic rings. The molecule has 0 spiro atoms. The number of rotatable bonds is 6. The molecule has 1 N–H and O–H groups in total. The third-order valence-electron chi connectivity index (χ3n) is 3.94. The zero-order valence-electron chi connectivity index (χ0n) is 14.8. The summed E-state index contributed by atoms with van der Waals surface area (Å²) in [5, 5.41) is 4.13. The van der Waals surface area contributed by atoms with Gasteiger partial charge in [0.05, 0.1) is 22.8 Å². The largest absolute Gasteiger partial charge is 0.496 e.